The van der Waals surface area contributed by atoms with Crippen molar-refractivity contribution >= 4 is 16.1 Å². The molecule has 160 valence electrons. The number of sulfonamides is 1. The molecule has 2 aliphatic rings. The standard InChI is InChI=1S/C21H25N3O5S/c25-21(26)23-12-8-16(9-13-23)15-29-18-4-7-20(22-14-18)17-2-5-19(6-3-17)30(27,28)24-10-1-11-24/h2-7,14,16H,1,8-13,15H2,(H,25,26). The summed E-state index contributed by atoms with van der Waals surface area (Å²) in [4.78, 5) is 17.1. The van der Waals surface area contributed by atoms with Crippen molar-refractivity contribution < 1.29 is 23.1 Å². The summed E-state index contributed by atoms with van der Waals surface area (Å²) in [5.74, 6) is 0.998. The van der Waals surface area contributed by atoms with Gasteiger partial charge in [0, 0.05) is 31.7 Å². The number of piperidine rings is 1. The van der Waals surface area contributed by atoms with E-state index in [2.05, 4.69) is 4.98 Å². The number of ether oxygens (including phenoxy) is 1. The van der Waals surface area contributed by atoms with Gasteiger partial charge in [0.2, 0.25) is 10.0 Å². The summed E-state index contributed by atoms with van der Waals surface area (Å²) in [5.41, 5.74) is 1.58. The zero-order valence-electron chi connectivity index (χ0n) is 16.6. The Balaban J connectivity index is 1.33. The second-order valence-corrected chi connectivity index (χ2v) is 9.62. The maximum atomic E-state index is 12.4. The molecule has 8 nitrogen and oxygen atoms in total. The van der Waals surface area contributed by atoms with Gasteiger partial charge in [-0.3, -0.25) is 4.98 Å². The smallest absolute Gasteiger partial charge is 0.407 e. The fourth-order valence-corrected chi connectivity index (χ4v) is 5.13. The van der Waals surface area contributed by atoms with Crippen LogP contribution in [-0.4, -0.2) is 66.6 Å². The van der Waals surface area contributed by atoms with Crippen LogP contribution in [0.5, 0.6) is 5.75 Å². The van der Waals surface area contributed by atoms with Crippen molar-refractivity contribution in [2.45, 2.75) is 24.2 Å². The van der Waals surface area contributed by atoms with Gasteiger partial charge in [0.25, 0.3) is 0 Å². The molecule has 1 aromatic heterocycles. The first-order valence-corrected chi connectivity index (χ1v) is 11.5. The molecule has 0 aliphatic carbocycles. The number of hydrogen-bond donors (Lipinski definition) is 1. The normalized spacial score (nSPS) is 18.1. The van der Waals surface area contributed by atoms with Gasteiger partial charge >= 0.3 is 6.09 Å². The first-order valence-electron chi connectivity index (χ1n) is 10.1. The fraction of sp³-hybridized carbons (Fsp3) is 0.429. The van der Waals surface area contributed by atoms with Crippen molar-refractivity contribution in [2.75, 3.05) is 32.8 Å². The number of pyridine rings is 1. The zero-order valence-corrected chi connectivity index (χ0v) is 17.4. The number of carboxylic acid groups (broad SMARTS) is 1. The minimum atomic E-state index is -3.38. The molecule has 1 aromatic carbocycles. The van der Waals surface area contributed by atoms with Crippen LogP contribution in [0.1, 0.15) is 19.3 Å². The van der Waals surface area contributed by atoms with Crippen LogP contribution in [0.2, 0.25) is 0 Å². The molecular formula is C21H25N3O5S. The molecule has 4 rings (SSSR count). The highest BCUT2D eigenvalue weighted by Gasteiger charge is 2.29. The predicted molar refractivity (Wildman–Crippen MR) is 111 cm³/mol. The first kappa shape index (κ1) is 20.6. The average Bonchev–Trinajstić information content (AvgIpc) is 2.71. The maximum Gasteiger partial charge on any atom is 0.407 e. The number of likely N-dealkylation sites (tertiary alicyclic amines) is 1. The van der Waals surface area contributed by atoms with Gasteiger partial charge in [-0.25, -0.2) is 13.2 Å². The van der Waals surface area contributed by atoms with Crippen LogP contribution >= 0.6 is 0 Å². The third-order valence-corrected chi connectivity index (χ3v) is 7.62. The van der Waals surface area contributed by atoms with Gasteiger partial charge < -0.3 is 14.7 Å². The van der Waals surface area contributed by atoms with E-state index in [4.69, 9.17) is 9.84 Å². The number of nitrogens with zero attached hydrogens (tertiary/aromatic N) is 3. The molecule has 30 heavy (non-hydrogen) atoms. The van der Waals surface area contributed by atoms with E-state index < -0.39 is 16.1 Å². The third kappa shape index (κ3) is 4.41. The predicted octanol–water partition coefficient (Wildman–Crippen LogP) is 2.91. The summed E-state index contributed by atoms with van der Waals surface area (Å²) in [6.07, 6.45) is 3.30. The molecule has 1 N–H and O–H groups in total. The molecule has 2 aliphatic heterocycles. The van der Waals surface area contributed by atoms with Crippen LogP contribution in [0.4, 0.5) is 4.79 Å². The number of hydrogen-bond acceptors (Lipinski definition) is 5. The average molecular weight is 432 g/mol. The van der Waals surface area contributed by atoms with E-state index in [1.165, 1.54) is 9.21 Å². The highest BCUT2D eigenvalue weighted by molar-refractivity contribution is 7.89. The summed E-state index contributed by atoms with van der Waals surface area (Å²) in [5, 5.41) is 9.00. The highest BCUT2D eigenvalue weighted by Crippen LogP contribution is 2.25. The Hall–Kier alpha value is -2.65. The number of carbonyl (C=O) groups is 1. The van der Waals surface area contributed by atoms with Gasteiger partial charge in [-0.05, 0) is 49.4 Å². The van der Waals surface area contributed by atoms with Crippen molar-refractivity contribution in [3.63, 3.8) is 0 Å². The topological polar surface area (TPSA) is 100 Å². The van der Waals surface area contributed by atoms with Gasteiger partial charge in [0.15, 0.2) is 0 Å². The SMILES string of the molecule is O=C(O)N1CCC(COc2ccc(-c3ccc(S(=O)(=O)N4CCC4)cc3)nc2)CC1. The Morgan fingerprint density at radius 1 is 1.07 bits per heavy atom. The van der Waals surface area contributed by atoms with Crippen molar-refractivity contribution in [3.8, 4) is 17.0 Å². The molecule has 9 heteroatoms. The van der Waals surface area contributed by atoms with E-state index in [1.54, 1.807) is 30.5 Å². The quantitative estimate of drug-likeness (QED) is 0.755. The summed E-state index contributed by atoms with van der Waals surface area (Å²) in [6.45, 7) is 2.81. The second kappa shape index (κ2) is 8.61. The lowest BCUT2D eigenvalue weighted by Gasteiger charge is -2.29. The van der Waals surface area contributed by atoms with Crippen LogP contribution < -0.4 is 4.74 Å². The van der Waals surface area contributed by atoms with Gasteiger partial charge in [0.05, 0.1) is 23.4 Å². The zero-order chi connectivity index (χ0) is 21.1. The summed E-state index contributed by atoms with van der Waals surface area (Å²) in [6, 6.07) is 10.5. The molecule has 1 amide bonds. The molecular weight excluding hydrogens is 406 g/mol. The minimum Gasteiger partial charge on any atom is -0.492 e. The Morgan fingerprint density at radius 3 is 2.30 bits per heavy atom. The van der Waals surface area contributed by atoms with Crippen LogP contribution in [0, 0.1) is 5.92 Å². The van der Waals surface area contributed by atoms with Crippen molar-refractivity contribution in [2.24, 2.45) is 5.92 Å². The van der Waals surface area contributed by atoms with Crippen molar-refractivity contribution in [1.29, 1.82) is 0 Å². The summed E-state index contributed by atoms with van der Waals surface area (Å²) < 4.78 is 32.2. The van der Waals surface area contributed by atoms with Crippen LogP contribution in [-0.2, 0) is 10.0 Å². The molecule has 0 spiro atoms. The lowest BCUT2D eigenvalue weighted by atomic mass is 9.98. The number of rotatable bonds is 6. The molecule has 0 bridgehead atoms. The number of amides is 1. The maximum absolute atomic E-state index is 12.4. The Morgan fingerprint density at radius 2 is 1.77 bits per heavy atom. The van der Waals surface area contributed by atoms with Crippen LogP contribution in [0.15, 0.2) is 47.5 Å². The van der Waals surface area contributed by atoms with Crippen molar-refractivity contribution in [3.05, 3.63) is 42.6 Å². The highest BCUT2D eigenvalue weighted by atomic mass is 32.2. The van der Waals surface area contributed by atoms with E-state index in [0.29, 0.717) is 49.3 Å². The van der Waals surface area contributed by atoms with Gasteiger partial charge in [-0.1, -0.05) is 12.1 Å². The largest absolute Gasteiger partial charge is 0.492 e. The first-order chi connectivity index (χ1) is 14.4. The van der Waals surface area contributed by atoms with Crippen LogP contribution in [0.3, 0.4) is 0 Å². The van der Waals surface area contributed by atoms with Crippen LogP contribution in [0.25, 0.3) is 11.3 Å². The molecule has 0 saturated carbocycles. The Bertz CT molecular complexity index is 980. The number of aromatic nitrogens is 1. The van der Waals surface area contributed by atoms with E-state index in [0.717, 1.165) is 30.5 Å². The van der Waals surface area contributed by atoms with Gasteiger partial charge in [-0.2, -0.15) is 4.31 Å². The van der Waals surface area contributed by atoms with E-state index >= 15 is 0 Å². The third-order valence-electron chi connectivity index (χ3n) is 5.71. The van der Waals surface area contributed by atoms with E-state index in [9.17, 15) is 13.2 Å². The Kier molecular flexibility index (Phi) is 5.92. The monoisotopic (exact) mass is 431 g/mol. The second-order valence-electron chi connectivity index (χ2n) is 7.69. The lowest BCUT2D eigenvalue weighted by molar-refractivity contribution is 0.111. The number of benzene rings is 1. The molecule has 0 atom stereocenters. The van der Waals surface area contributed by atoms with E-state index in [-0.39, 0.29) is 0 Å². The molecule has 0 unspecified atom stereocenters. The summed E-state index contributed by atoms with van der Waals surface area (Å²) >= 11 is 0. The summed E-state index contributed by atoms with van der Waals surface area (Å²) in [7, 11) is -3.38. The minimum absolute atomic E-state index is 0.305. The molecule has 2 aromatic rings. The van der Waals surface area contributed by atoms with Crippen molar-refractivity contribution in [1.82, 2.24) is 14.2 Å². The molecule has 2 fully saturated rings. The Labute approximate surface area is 176 Å². The fourth-order valence-electron chi connectivity index (χ4n) is 3.62. The van der Waals surface area contributed by atoms with Gasteiger partial charge in [0.1, 0.15) is 5.75 Å². The molecule has 2 saturated heterocycles. The van der Waals surface area contributed by atoms with Gasteiger partial charge in [-0.15, -0.1) is 0 Å². The lowest BCUT2D eigenvalue weighted by Crippen LogP contribution is -2.41. The van der Waals surface area contributed by atoms with E-state index in [1.807, 2.05) is 12.1 Å². The molecule has 3 heterocycles. The molecule has 0 radical (unpaired) electrons.